The molecule has 1 aliphatic rings. The van der Waals surface area contributed by atoms with Gasteiger partial charge in [-0.2, -0.15) is 5.10 Å². The lowest BCUT2D eigenvalue weighted by atomic mass is 10.0. The summed E-state index contributed by atoms with van der Waals surface area (Å²) in [5, 5.41) is 8.84. The van der Waals surface area contributed by atoms with Gasteiger partial charge in [0, 0.05) is 25.8 Å². The van der Waals surface area contributed by atoms with E-state index in [-0.39, 0.29) is 18.2 Å². The maximum atomic E-state index is 12.1. The van der Waals surface area contributed by atoms with Crippen LogP contribution >= 0.6 is 0 Å². The van der Waals surface area contributed by atoms with E-state index in [2.05, 4.69) is 29.2 Å². The lowest BCUT2D eigenvalue weighted by molar-refractivity contribution is -0.132. The standard InChI is InChI=1S/C20H30N4O2/c1-3-23(4-2)15-8-14-21-19(25)13-16-24-20(26)12-11-18(22-24)17-9-6-5-7-10-17/h5-7,9-10H,3-4,8,11-16H2,1-2H3,(H,21,25). The minimum Gasteiger partial charge on any atom is -0.356 e. The Morgan fingerprint density at radius 3 is 2.62 bits per heavy atom. The number of nitrogens with zero attached hydrogens (tertiary/aromatic N) is 3. The fourth-order valence-corrected chi connectivity index (χ4v) is 2.98. The lowest BCUT2D eigenvalue weighted by Crippen LogP contribution is -2.36. The zero-order valence-corrected chi connectivity index (χ0v) is 15.9. The van der Waals surface area contributed by atoms with E-state index < -0.39 is 0 Å². The molecule has 142 valence electrons. The lowest BCUT2D eigenvalue weighted by Gasteiger charge is -2.23. The number of hydrogen-bond acceptors (Lipinski definition) is 4. The van der Waals surface area contributed by atoms with Crippen molar-refractivity contribution in [2.24, 2.45) is 5.10 Å². The molecule has 0 saturated heterocycles. The molecular weight excluding hydrogens is 328 g/mol. The van der Waals surface area contributed by atoms with E-state index in [9.17, 15) is 9.59 Å². The molecule has 0 fully saturated rings. The molecule has 0 bridgehead atoms. The Balaban J connectivity index is 1.76. The normalized spacial score (nSPS) is 14.5. The number of nitrogens with one attached hydrogen (secondary N) is 1. The number of amides is 2. The predicted molar refractivity (Wildman–Crippen MR) is 104 cm³/mol. The highest BCUT2D eigenvalue weighted by molar-refractivity contribution is 6.04. The van der Waals surface area contributed by atoms with Gasteiger partial charge in [-0.3, -0.25) is 9.59 Å². The summed E-state index contributed by atoms with van der Waals surface area (Å²) < 4.78 is 0. The van der Waals surface area contributed by atoms with Crippen molar-refractivity contribution >= 4 is 17.5 Å². The monoisotopic (exact) mass is 358 g/mol. The molecule has 0 aromatic heterocycles. The summed E-state index contributed by atoms with van der Waals surface area (Å²) in [6.45, 7) is 8.33. The van der Waals surface area contributed by atoms with Gasteiger partial charge in [-0.15, -0.1) is 0 Å². The van der Waals surface area contributed by atoms with Gasteiger partial charge in [0.25, 0.3) is 0 Å². The van der Waals surface area contributed by atoms with E-state index in [1.54, 1.807) is 0 Å². The second kappa shape index (κ2) is 10.7. The number of carbonyl (C=O) groups excluding carboxylic acids is 2. The van der Waals surface area contributed by atoms with Crippen molar-refractivity contribution in [3.63, 3.8) is 0 Å². The van der Waals surface area contributed by atoms with Gasteiger partial charge in [-0.05, 0) is 31.6 Å². The summed E-state index contributed by atoms with van der Waals surface area (Å²) in [5.74, 6) is -0.0432. The quantitative estimate of drug-likeness (QED) is 0.653. The van der Waals surface area contributed by atoms with Gasteiger partial charge < -0.3 is 10.2 Å². The predicted octanol–water partition coefficient (Wildman–Crippen LogP) is 2.25. The topological polar surface area (TPSA) is 65.0 Å². The number of hydrogen-bond donors (Lipinski definition) is 1. The van der Waals surface area contributed by atoms with Crippen LogP contribution in [0.2, 0.25) is 0 Å². The molecule has 1 N–H and O–H groups in total. The first-order valence-electron chi connectivity index (χ1n) is 9.56. The highest BCUT2D eigenvalue weighted by Gasteiger charge is 2.21. The van der Waals surface area contributed by atoms with Gasteiger partial charge in [0.05, 0.1) is 12.3 Å². The van der Waals surface area contributed by atoms with Crippen molar-refractivity contribution in [3.8, 4) is 0 Å². The van der Waals surface area contributed by atoms with Crippen molar-refractivity contribution in [3.05, 3.63) is 35.9 Å². The summed E-state index contributed by atoms with van der Waals surface area (Å²) in [7, 11) is 0. The fraction of sp³-hybridized carbons (Fsp3) is 0.550. The highest BCUT2D eigenvalue weighted by Crippen LogP contribution is 2.15. The Bertz CT molecular complexity index is 611. The van der Waals surface area contributed by atoms with Crippen LogP contribution in [0.1, 0.15) is 45.1 Å². The summed E-state index contributed by atoms with van der Waals surface area (Å²) in [5.41, 5.74) is 1.94. The van der Waals surface area contributed by atoms with Gasteiger partial charge in [0.2, 0.25) is 11.8 Å². The molecule has 2 rings (SSSR count). The van der Waals surface area contributed by atoms with Crippen molar-refractivity contribution in [1.82, 2.24) is 15.2 Å². The molecule has 26 heavy (non-hydrogen) atoms. The minimum absolute atomic E-state index is 0.0148. The Hall–Kier alpha value is -2.21. The SMILES string of the molecule is CCN(CC)CCCNC(=O)CCN1N=C(c2ccccc2)CCC1=O. The number of carbonyl (C=O) groups is 2. The smallest absolute Gasteiger partial charge is 0.243 e. The average Bonchev–Trinajstić information content (AvgIpc) is 2.68. The zero-order chi connectivity index (χ0) is 18.8. The molecule has 1 aromatic rings. The van der Waals surface area contributed by atoms with Gasteiger partial charge >= 0.3 is 0 Å². The molecule has 6 nitrogen and oxygen atoms in total. The largest absolute Gasteiger partial charge is 0.356 e. The van der Waals surface area contributed by atoms with E-state index in [4.69, 9.17) is 0 Å². The Labute approximate surface area is 156 Å². The second-order valence-electron chi connectivity index (χ2n) is 6.41. The Kier molecular flexibility index (Phi) is 8.28. The van der Waals surface area contributed by atoms with Gasteiger partial charge in [-0.1, -0.05) is 44.2 Å². The third-order valence-corrected chi connectivity index (χ3v) is 4.63. The molecule has 1 heterocycles. The maximum absolute atomic E-state index is 12.1. The molecule has 6 heteroatoms. The summed E-state index contributed by atoms with van der Waals surface area (Å²) in [6.07, 6.45) is 2.31. The number of benzene rings is 1. The molecule has 0 saturated carbocycles. The molecule has 0 radical (unpaired) electrons. The van der Waals surface area contributed by atoms with Crippen molar-refractivity contribution in [2.45, 2.75) is 39.5 Å². The van der Waals surface area contributed by atoms with Crippen LogP contribution in [0.25, 0.3) is 0 Å². The second-order valence-corrected chi connectivity index (χ2v) is 6.41. The average molecular weight is 358 g/mol. The van der Waals surface area contributed by atoms with Crippen molar-refractivity contribution in [1.29, 1.82) is 0 Å². The van der Waals surface area contributed by atoms with Crippen LogP contribution in [0.3, 0.4) is 0 Å². The van der Waals surface area contributed by atoms with Crippen LogP contribution in [0.5, 0.6) is 0 Å². The maximum Gasteiger partial charge on any atom is 0.243 e. The van der Waals surface area contributed by atoms with Crippen LogP contribution in [0.15, 0.2) is 35.4 Å². The minimum atomic E-state index is -0.0284. The van der Waals surface area contributed by atoms with Crippen LogP contribution < -0.4 is 5.32 Å². The fourth-order valence-electron chi connectivity index (χ4n) is 2.98. The third-order valence-electron chi connectivity index (χ3n) is 4.63. The highest BCUT2D eigenvalue weighted by atomic mass is 16.2. The van der Waals surface area contributed by atoms with Crippen LogP contribution in [-0.4, -0.2) is 60.2 Å². The van der Waals surface area contributed by atoms with Crippen LogP contribution in [-0.2, 0) is 9.59 Å². The Morgan fingerprint density at radius 1 is 1.19 bits per heavy atom. The van der Waals surface area contributed by atoms with Gasteiger partial charge in [-0.25, -0.2) is 5.01 Å². The summed E-state index contributed by atoms with van der Waals surface area (Å²) in [4.78, 5) is 26.4. The molecule has 1 aromatic carbocycles. The van der Waals surface area contributed by atoms with Crippen molar-refractivity contribution in [2.75, 3.05) is 32.7 Å². The molecule has 0 unspecified atom stereocenters. The molecule has 1 aliphatic heterocycles. The summed E-state index contributed by atoms with van der Waals surface area (Å²) in [6, 6.07) is 9.87. The first-order valence-corrected chi connectivity index (χ1v) is 9.56. The molecular formula is C20H30N4O2. The van der Waals surface area contributed by atoms with Crippen LogP contribution in [0, 0.1) is 0 Å². The first-order chi connectivity index (χ1) is 12.6. The van der Waals surface area contributed by atoms with E-state index in [1.165, 1.54) is 5.01 Å². The van der Waals surface area contributed by atoms with E-state index in [1.807, 2.05) is 30.3 Å². The van der Waals surface area contributed by atoms with Crippen LogP contribution in [0.4, 0.5) is 0 Å². The number of hydrazone groups is 1. The molecule has 2 amide bonds. The van der Waals surface area contributed by atoms with Gasteiger partial charge in [0.15, 0.2) is 0 Å². The zero-order valence-electron chi connectivity index (χ0n) is 15.9. The molecule has 0 atom stereocenters. The van der Waals surface area contributed by atoms with E-state index in [0.717, 1.165) is 37.3 Å². The van der Waals surface area contributed by atoms with Gasteiger partial charge in [0.1, 0.15) is 0 Å². The third kappa shape index (κ3) is 6.26. The summed E-state index contributed by atoms with van der Waals surface area (Å²) >= 11 is 0. The molecule has 0 spiro atoms. The molecule has 0 aliphatic carbocycles. The number of rotatable bonds is 10. The van der Waals surface area contributed by atoms with E-state index in [0.29, 0.717) is 25.9 Å². The Morgan fingerprint density at radius 2 is 1.92 bits per heavy atom. The van der Waals surface area contributed by atoms with E-state index >= 15 is 0 Å². The van der Waals surface area contributed by atoms with Crippen molar-refractivity contribution < 1.29 is 9.59 Å². The first kappa shape index (κ1) is 20.1.